The Morgan fingerprint density at radius 2 is 2.50 bits per heavy atom. The van der Waals surface area contributed by atoms with Crippen LogP contribution in [-0.4, -0.2) is 35.2 Å². The lowest BCUT2D eigenvalue weighted by Gasteiger charge is -2.34. The number of ether oxygens (including phenoxy) is 1. The van der Waals surface area contributed by atoms with E-state index in [9.17, 15) is 4.79 Å². The van der Waals surface area contributed by atoms with E-state index in [-0.39, 0.29) is 11.4 Å². The summed E-state index contributed by atoms with van der Waals surface area (Å²) in [4.78, 5) is 15.8. The molecule has 0 spiro atoms. The van der Waals surface area contributed by atoms with Crippen molar-refractivity contribution < 1.29 is 9.53 Å². The normalized spacial score (nSPS) is 23.9. The average Bonchev–Trinajstić information content (AvgIpc) is 2.77. The molecule has 0 aromatic carbocycles. The molecule has 1 aliphatic rings. The summed E-state index contributed by atoms with van der Waals surface area (Å²) in [6.45, 7) is 7.31. The molecule has 2 heterocycles. The Labute approximate surface area is 108 Å². The molecular weight excluding hydrogens is 230 g/mol. The highest BCUT2D eigenvalue weighted by Crippen LogP contribution is 2.28. The first kappa shape index (κ1) is 13.1. The number of piperidine rings is 1. The van der Waals surface area contributed by atoms with Gasteiger partial charge >= 0.3 is 5.97 Å². The van der Waals surface area contributed by atoms with Crippen molar-refractivity contribution in [3.63, 3.8) is 0 Å². The number of hydrogen-bond acceptors (Lipinski definition) is 4. The minimum atomic E-state index is -0.289. The molecule has 0 aliphatic carbocycles. The van der Waals surface area contributed by atoms with Crippen LogP contribution in [0.15, 0.2) is 12.5 Å². The molecule has 1 atom stereocenters. The number of nitrogens with one attached hydrogen (secondary N) is 1. The molecule has 0 radical (unpaired) electrons. The van der Waals surface area contributed by atoms with E-state index in [0.717, 1.165) is 19.6 Å². The Morgan fingerprint density at radius 3 is 3.17 bits per heavy atom. The number of aromatic nitrogens is 2. The number of rotatable bonds is 4. The lowest BCUT2D eigenvalue weighted by atomic mass is 9.82. The molecule has 100 valence electrons. The highest BCUT2D eigenvalue weighted by atomic mass is 16.5. The number of carbonyl (C=O) groups is 1. The van der Waals surface area contributed by atoms with Crippen LogP contribution in [-0.2, 0) is 11.3 Å². The van der Waals surface area contributed by atoms with E-state index in [1.54, 1.807) is 12.5 Å². The third kappa shape index (κ3) is 2.90. The van der Waals surface area contributed by atoms with Crippen molar-refractivity contribution in [3.05, 3.63) is 18.2 Å². The van der Waals surface area contributed by atoms with Gasteiger partial charge in [-0.05, 0) is 31.7 Å². The first-order valence-electron chi connectivity index (χ1n) is 6.52. The van der Waals surface area contributed by atoms with Crippen molar-refractivity contribution in [3.8, 4) is 0 Å². The van der Waals surface area contributed by atoms with Crippen LogP contribution >= 0.6 is 0 Å². The van der Waals surface area contributed by atoms with Gasteiger partial charge in [-0.1, -0.05) is 6.92 Å². The smallest absolute Gasteiger partial charge is 0.356 e. The summed E-state index contributed by atoms with van der Waals surface area (Å²) in [6.07, 6.45) is 5.64. The van der Waals surface area contributed by atoms with E-state index in [1.807, 2.05) is 11.5 Å². The second-order valence-electron chi connectivity index (χ2n) is 5.22. The summed E-state index contributed by atoms with van der Waals surface area (Å²) in [5, 5.41) is 3.41. The van der Waals surface area contributed by atoms with Crippen LogP contribution in [0.5, 0.6) is 0 Å². The van der Waals surface area contributed by atoms with Gasteiger partial charge in [0, 0.05) is 13.1 Å². The fraction of sp³-hybridized carbons (Fsp3) is 0.692. The number of esters is 1. The fourth-order valence-corrected chi connectivity index (χ4v) is 2.49. The standard InChI is InChI=1S/C13H21N3O2/c1-3-18-12(17)11-7-15-10-16(11)9-13(2)5-4-6-14-8-13/h7,10,14H,3-6,8-9H2,1-2H3. The molecule has 18 heavy (non-hydrogen) atoms. The van der Waals surface area contributed by atoms with E-state index >= 15 is 0 Å². The monoisotopic (exact) mass is 251 g/mol. The Kier molecular flexibility index (Phi) is 4.01. The summed E-state index contributed by atoms with van der Waals surface area (Å²) in [5.74, 6) is -0.289. The maximum Gasteiger partial charge on any atom is 0.356 e. The topological polar surface area (TPSA) is 56.1 Å². The molecule has 1 aliphatic heterocycles. The van der Waals surface area contributed by atoms with Crippen molar-refractivity contribution in [2.24, 2.45) is 5.41 Å². The molecule has 0 bridgehead atoms. The lowest BCUT2D eigenvalue weighted by Crippen LogP contribution is -2.41. The highest BCUT2D eigenvalue weighted by molar-refractivity contribution is 5.87. The van der Waals surface area contributed by atoms with E-state index in [1.165, 1.54) is 12.8 Å². The van der Waals surface area contributed by atoms with Gasteiger partial charge in [0.2, 0.25) is 0 Å². The molecule has 2 rings (SSSR count). The first-order valence-corrected chi connectivity index (χ1v) is 6.52. The van der Waals surface area contributed by atoms with Gasteiger partial charge in [0.15, 0.2) is 0 Å². The van der Waals surface area contributed by atoms with Gasteiger partial charge in [0.05, 0.1) is 19.1 Å². The van der Waals surface area contributed by atoms with Gasteiger partial charge in [-0.3, -0.25) is 0 Å². The quantitative estimate of drug-likeness (QED) is 0.823. The highest BCUT2D eigenvalue weighted by Gasteiger charge is 2.28. The van der Waals surface area contributed by atoms with Crippen LogP contribution in [0, 0.1) is 5.41 Å². The molecular formula is C13H21N3O2. The van der Waals surface area contributed by atoms with E-state index < -0.39 is 0 Å². The van der Waals surface area contributed by atoms with Crippen LogP contribution in [0.2, 0.25) is 0 Å². The first-order chi connectivity index (χ1) is 8.64. The Bertz CT molecular complexity index is 408. The Morgan fingerprint density at radius 1 is 1.67 bits per heavy atom. The summed E-state index contributed by atoms with van der Waals surface area (Å²) in [7, 11) is 0. The van der Waals surface area contributed by atoms with Crippen molar-refractivity contribution in [2.75, 3.05) is 19.7 Å². The second kappa shape index (κ2) is 5.52. The van der Waals surface area contributed by atoms with Crippen molar-refractivity contribution in [1.29, 1.82) is 0 Å². The van der Waals surface area contributed by atoms with Crippen LogP contribution in [0.1, 0.15) is 37.2 Å². The molecule has 0 amide bonds. The summed E-state index contributed by atoms with van der Waals surface area (Å²) >= 11 is 0. The molecule has 1 aromatic rings. The fourth-order valence-electron chi connectivity index (χ4n) is 2.49. The molecule has 1 unspecified atom stereocenters. The van der Waals surface area contributed by atoms with Gasteiger partial charge in [-0.15, -0.1) is 0 Å². The third-order valence-electron chi connectivity index (χ3n) is 3.43. The maximum atomic E-state index is 11.8. The minimum absolute atomic E-state index is 0.181. The Hall–Kier alpha value is -1.36. The van der Waals surface area contributed by atoms with Gasteiger partial charge < -0.3 is 14.6 Å². The Balaban J connectivity index is 2.09. The van der Waals surface area contributed by atoms with Crippen LogP contribution < -0.4 is 5.32 Å². The molecule has 1 N–H and O–H groups in total. The zero-order chi connectivity index (χ0) is 13.0. The van der Waals surface area contributed by atoms with Gasteiger partial charge in [-0.25, -0.2) is 9.78 Å². The van der Waals surface area contributed by atoms with Gasteiger partial charge in [0.25, 0.3) is 0 Å². The minimum Gasteiger partial charge on any atom is -0.461 e. The lowest BCUT2D eigenvalue weighted by molar-refractivity contribution is 0.0509. The predicted molar refractivity (Wildman–Crippen MR) is 68.4 cm³/mol. The van der Waals surface area contributed by atoms with Crippen LogP contribution in [0.4, 0.5) is 0 Å². The van der Waals surface area contributed by atoms with Gasteiger partial charge in [-0.2, -0.15) is 0 Å². The molecule has 1 aromatic heterocycles. The van der Waals surface area contributed by atoms with Crippen molar-refractivity contribution >= 4 is 5.97 Å². The van der Waals surface area contributed by atoms with Crippen molar-refractivity contribution in [2.45, 2.75) is 33.2 Å². The van der Waals surface area contributed by atoms with Crippen LogP contribution in [0.3, 0.4) is 0 Å². The van der Waals surface area contributed by atoms with Gasteiger partial charge in [0.1, 0.15) is 5.69 Å². The summed E-state index contributed by atoms with van der Waals surface area (Å²) in [6, 6.07) is 0. The predicted octanol–water partition coefficient (Wildman–Crippen LogP) is 1.45. The van der Waals surface area contributed by atoms with Crippen LogP contribution in [0.25, 0.3) is 0 Å². The number of imidazole rings is 1. The SMILES string of the molecule is CCOC(=O)c1cncn1CC1(C)CCCNC1. The summed E-state index contributed by atoms with van der Waals surface area (Å²) in [5.41, 5.74) is 0.726. The molecule has 5 heteroatoms. The van der Waals surface area contributed by atoms with Crippen molar-refractivity contribution in [1.82, 2.24) is 14.9 Å². The van der Waals surface area contributed by atoms with E-state index in [4.69, 9.17) is 4.74 Å². The third-order valence-corrected chi connectivity index (χ3v) is 3.43. The molecule has 1 saturated heterocycles. The average molecular weight is 251 g/mol. The zero-order valence-electron chi connectivity index (χ0n) is 11.1. The van der Waals surface area contributed by atoms with E-state index in [2.05, 4.69) is 17.2 Å². The zero-order valence-corrected chi connectivity index (χ0v) is 11.1. The summed E-state index contributed by atoms with van der Waals surface area (Å²) < 4.78 is 6.94. The number of hydrogen-bond donors (Lipinski definition) is 1. The number of carbonyl (C=O) groups excluding carboxylic acids is 1. The molecule has 1 fully saturated rings. The molecule has 0 saturated carbocycles. The molecule has 5 nitrogen and oxygen atoms in total. The number of nitrogens with zero attached hydrogens (tertiary/aromatic N) is 2. The van der Waals surface area contributed by atoms with E-state index in [0.29, 0.717) is 12.3 Å². The second-order valence-corrected chi connectivity index (χ2v) is 5.22. The largest absolute Gasteiger partial charge is 0.461 e. The maximum absolute atomic E-state index is 11.8.